The van der Waals surface area contributed by atoms with E-state index >= 15 is 0 Å². The molecule has 26 heavy (non-hydrogen) atoms. The van der Waals surface area contributed by atoms with E-state index in [0.29, 0.717) is 29.2 Å². The number of thiophene rings is 1. The van der Waals surface area contributed by atoms with E-state index < -0.39 is 0 Å². The summed E-state index contributed by atoms with van der Waals surface area (Å²) in [4.78, 5) is 13.2. The van der Waals surface area contributed by atoms with E-state index in [1.165, 1.54) is 11.3 Å². The smallest absolute Gasteiger partial charge is 0.257 e. The van der Waals surface area contributed by atoms with Crippen molar-refractivity contribution >= 4 is 39.6 Å². The topological polar surface area (TPSA) is 74.1 Å². The molecular formula is C19H19N3O2S2. The molecule has 3 rings (SSSR count). The van der Waals surface area contributed by atoms with Crippen LogP contribution in [-0.2, 0) is 17.8 Å². The Morgan fingerprint density at radius 2 is 2.15 bits per heavy atom. The number of rotatable bonds is 3. The van der Waals surface area contributed by atoms with Crippen LogP contribution in [0.4, 0.5) is 5.00 Å². The summed E-state index contributed by atoms with van der Waals surface area (Å²) in [5.74, 6) is -0.287. The number of anilines is 1. The SMILES string of the molecule is CC[C@@]1(C)Cc2c(sc(NC(=S)NC(=O)c3ccccc3)c2C#N)CO1. The summed E-state index contributed by atoms with van der Waals surface area (Å²) in [5.41, 5.74) is 1.88. The van der Waals surface area contributed by atoms with E-state index in [2.05, 4.69) is 30.6 Å². The standard InChI is InChI=1S/C19H19N3O2S2/c1-3-19(2)9-13-14(10-20)17(26-15(13)11-24-19)22-18(25)21-16(23)12-7-5-4-6-8-12/h4-8H,3,9,11H2,1-2H3,(H2,21,22,23,25)/t19-/m0/s1. The summed E-state index contributed by atoms with van der Waals surface area (Å²) < 4.78 is 5.95. The number of benzene rings is 1. The number of nitriles is 1. The van der Waals surface area contributed by atoms with Crippen LogP contribution in [0.25, 0.3) is 0 Å². The third-order valence-electron chi connectivity index (χ3n) is 4.54. The van der Waals surface area contributed by atoms with Crippen LogP contribution in [0.3, 0.4) is 0 Å². The minimum atomic E-state index is -0.287. The summed E-state index contributed by atoms with van der Waals surface area (Å²) in [6.07, 6.45) is 1.57. The number of hydrogen-bond donors (Lipinski definition) is 2. The molecule has 0 unspecified atom stereocenters. The molecule has 2 aromatic rings. The molecule has 0 spiro atoms. The van der Waals surface area contributed by atoms with Gasteiger partial charge in [0, 0.05) is 16.9 Å². The van der Waals surface area contributed by atoms with Gasteiger partial charge in [0.15, 0.2) is 5.11 Å². The van der Waals surface area contributed by atoms with Crippen molar-refractivity contribution in [3.63, 3.8) is 0 Å². The quantitative estimate of drug-likeness (QED) is 0.782. The van der Waals surface area contributed by atoms with Crippen molar-refractivity contribution in [2.24, 2.45) is 0 Å². The molecule has 1 atom stereocenters. The number of ether oxygens (including phenoxy) is 1. The second-order valence-electron chi connectivity index (χ2n) is 6.36. The van der Waals surface area contributed by atoms with Gasteiger partial charge in [-0.3, -0.25) is 10.1 Å². The molecule has 0 aliphatic carbocycles. The van der Waals surface area contributed by atoms with Crippen LogP contribution in [-0.4, -0.2) is 16.6 Å². The van der Waals surface area contributed by atoms with Crippen LogP contribution >= 0.6 is 23.6 Å². The molecule has 1 amide bonds. The fourth-order valence-electron chi connectivity index (χ4n) is 2.81. The second kappa shape index (κ2) is 7.54. The highest BCUT2D eigenvalue weighted by atomic mass is 32.1. The average Bonchev–Trinajstić information content (AvgIpc) is 2.98. The zero-order valence-electron chi connectivity index (χ0n) is 14.6. The van der Waals surface area contributed by atoms with Gasteiger partial charge < -0.3 is 10.1 Å². The Morgan fingerprint density at radius 3 is 2.81 bits per heavy atom. The van der Waals surface area contributed by atoms with Gasteiger partial charge in [-0.2, -0.15) is 5.26 Å². The molecule has 134 valence electrons. The van der Waals surface area contributed by atoms with Crippen molar-refractivity contribution in [2.45, 2.75) is 38.9 Å². The fourth-order valence-corrected chi connectivity index (χ4v) is 4.16. The maximum atomic E-state index is 12.2. The van der Waals surface area contributed by atoms with Crippen LogP contribution in [0.5, 0.6) is 0 Å². The van der Waals surface area contributed by atoms with Crippen molar-refractivity contribution in [1.29, 1.82) is 5.26 Å². The van der Waals surface area contributed by atoms with Gasteiger partial charge in [-0.1, -0.05) is 25.1 Å². The van der Waals surface area contributed by atoms with Gasteiger partial charge in [0.05, 0.1) is 17.8 Å². The molecule has 0 saturated heterocycles. The van der Waals surface area contributed by atoms with Crippen LogP contribution < -0.4 is 10.6 Å². The van der Waals surface area contributed by atoms with Gasteiger partial charge >= 0.3 is 0 Å². The van der Waals surface area contributed by atoms with Crippen LogP contribution in [0.2, 0.25) is 0 Å². The summed E-state index contributed by atoms with van der Waals surface area (Å²) in [5, 5.41) is 16.1. The molecule has 5 nitrogen and oxygen atoms in total. The summed E-state index contributed by atoms with van der Waals surface area (Å²) in [6.45, 7) is 4.63. The van der Waals surface area contributed by atoms with Gasteiger partial charge in [-0.15, -0.1) is 11.3 Å². The van der Waals surface area contributed by atoms with Crippen molar-refractivity contribution in [3.05, 3.63) is 51.9 Å². The van der Waals surface area contributed by atoms with Gasteiger partial charge in [-0.05, 0) is 43.3 Å². The molecule has 0 fully saturated rings. The first kappa shape index (κ1) is 18.5. The van der Waals surface area contributed by atoms with Gasteiger partial charge in [0.2, 0.25) is 0 Å². The van der Waals surface area contributed by atoms with Crippen molar-refractivity contribution in [1.82, 2.24) is 5.32 Å². The minimum absolute atomic E-state index is 0.174. The molecule has 0 saturated carbocycles. The number of nitrogens with zero attached hydrogens (tertiary/aromatic N) is 1. The van der Waals surface area contributed by atoms with E-state index in [1.54, 1.807) is 24.3 Å². The number of thiocarbonyl (C=S) groups is 1. The Labute approximate surface area is 162 Å². The Hall–Kier alpha value is -2.27. The third-order valence-corrected chi connectivity index (χ3v) is 5.87. The zero-order chi connectivity index (χ0) is 18.7. The Bertz CT molecular complexity index is 886. The molecule has 1 aromatic carbocycles. The van der Waals surface area contributed by atoms with E-state index in [4.69, 9.17) is 17.0 Å². The molecule has 2 N–H and O–H groups in total. The number of amides is 1. The number of carbonyl (C=O) groups excluding carboxylic acids is 1. The Kier molecular flexibility index (Phi) is 5.37. The largest absolute Gasteiger partial charge is 0.369 e. The fraction of sp³-hybridized carbons (Fsp3) is 0.316. The monoisotopic (exact) mass is 385 g/mol. The summed E-state index contributed by atoms with van der Waals surface area (Å²) in [6, 6.07) is 11.1. The maximum Gasteiger partial charge on any atom is 0.257 e. The van der Waals surface area contributed by atoms with E-state index in [1.807, 2.05) is 6.07 Å². The van der Waals surface area contributed by atoms with Crippen molar-refractivity contribution in [3.8, 4) is 6.07 Å². The Balaban J connectivity index is 1.76. The number of hydrogen-bond acceptors (Lipinski definition) is 5. The maximum absolute atomic E-state index is 12.2. The van der Waals surface area contributed by atoms with Crippen molar-refractivity contribution in [2.75, 3.05) is 5.32 Å². The highest BCUT2D eigenvalue weighted by molar-refractivity contribution is 7.80. The van der Waals surface area contributed by atoms with Gasteiger partial charge in [-0.25, -0.2) is 0 Å². The molecule has 1 aliphatic rings. The lowest BCUT2D eigenvalue weighted by atomic mass is 9.90. The normalized spacial score (nSPS) is 18.5. The average molecular weight is 386 g/mol. The molecule has 0 bridgehead atoms. The number of carbonyl (C=O) groups is 1. The molecule has 1 aliphatic heterocycles. The highest BCUT2D eigenvalue weighted by Gasteiger charge is 2.33. The number of fused-ring (bicyclic) bond motifs is 1. The lowest BCUT2D eigenvalue weighted by Gasteiger charge is -2.32. The van der Waals surface area contributed by atoms with Gasteiger partial charge in [0.1, 0.15) is 11.1 Å². The minimum Gasteiger partial charge on any atom is -0.369 e. The summed E-state index contributed by atoms with van der Waals surface area (Å²) >= 11 is 6.70. The van der Waals surface area contributed by atoms with E-state index in [9.17, 15) is 10.1 Å². The lowest BCUT2D eigenvalue weighted by Crippen LogP contribution is -2.34. The van der Waals surface area contributed by atoms with E-state index in [0.717, 1.165) is 16.9 Å². The van der Waals surface area contributed by atoms with Crippen LogP contribution in [0.15, 0.2) is 30.3 Å². The van der Waals surface area contributed by atoms with Crippen LogP contribution in [0.1, 0.15) is 46.6 Å². The third kappa shape index (κ3) is 3.78. The highest BCUT2D eigenvalue weighted by Crippen LogP contribution is 2.40. The predicted octanol–water partition coefficient (Wildman–Crippen LogP) is 3.99. The molecule has 0 radical (unpaired) electrons. The van der Waals surface area contributed by atoms with Crippen LogP contribution in [0, 0.1) is 11.3 Å². The first-order valence-electron chi connectivity index (χ1n) is 8.31. The molecule has 2 heterocycles. The second-order valence-corrected chi connectivity index (χ2v) is 7.88. The predicted molar refractivity (Wildman–Crippen MR) is 106 cm³/mol. The zero-order valence-corrected chi connectivity index (χ0v) is 16.2. The number of nitrogens with one attached hydrogen (secondary N) is 2. The van der Waals surface area contributed by atoms with Crippen molar-refractivity contribution < 1.29 is 9.53 Å². The Morgan fingerprint density at radius 1 is 1.42 bits per heavy atom. The lowest BCUT2D eigenvalue weighted by molar-refractivity contribution is -0.0547. The molecule has 7 heteroatoms. The first-order chi connectivity index (χ1) is 12.5. The first-order valence-corrected chi connectivity index (χ1v) is 9.54. The van der Waals surface area contributed by atoms with E-state index in [-0.39, 0.29) is 16.6 Å². The van der Waals surface area contributed by atoms with Gasteiger partial charge in [0.25, 0.3) is 5.91 Å². The molecular weight excluding hydrogens is 366 g/mol. The molecule has 1 aromatic heterocycles. The summed E-state index contributed by atoms with van der Waals surface area (Å²) in [7, 11) is 0.